The first-order valence-electron chi connectivity index (χ1n) is 6.38. The number of nitrogens with zero attached hydrogens (tertiary/aromatic N) is 1. The van der Waals surface area contributed by atoms with Gasteiger partial charge < -0.3 is 20.1 Å². The summed E-state index contributed by atoms with van der Waals surface area (Å²) in [6.07, 6.45) is 2.35. The minimum atomic E-state index is 0.294. The van der Waals surface area contributed by atoms with E-state index in [0.29, 0.717) is 18.6 Å². The van der Waals surface area contributed by atoms with Crippen molar-refractivity contribution in [2.45, 2.75) is 25.9 Å². The molecule has 4 nitrogen and oxygen atoms in total. The maximum absolute atomic E-state index is 8.89. The van der Waals surface area contributed by atoms with E-state index in [1.165, 1.54) is 0 Å². The fourth-order valence-electron chi connectivity index (χ4n) is 2.07. The van der Waals surface area contributed by atoms with Gasteiger partial charge in [-0.05, 0) is 25.9 Å². The molecular formula is C12H26N2O2. The van der Waals surface area contributed by atoms with E-state index in [1.807, 2.05) is 0 Å². The van der Waals surface area contributed by atoms with Crippen molar-refractivity contribution in [2.75, 3.05) is 46.4 Å². The zero-order valence-electron chi connectivity index (χ0n) is 10.6. The standard InChI is InChI=1S/C12H26N2O2/c1-3-11(4-6-15)8-13-9-12-10-14(2)5-7-16-12/h11-13,15H,3-10H2,1-2H3. The summed E-state index contributed by atoms with van der Waals surface area (Å²) in [5.74, 6) is 0.589. The van der Waals surface area contributed by atoms with Crippen molar-refractivity contribution in [3.05, 3.63) is 0 Å². The molecule has 0 bridgehead atoms. The predicted molar refractivity (Wildman–Crippen MR) is 65.6 cm³/mol. The Bertz CT molecular complexity index is 178. The molecule has 1 rings (SSSR count). The van der Waals surface area contributed by atoms with Crippen molar-refractivity contribution < 1.29 is 9.84 Å². The highest BCUT2D eigenvalue weighted by molar-refractivity contribution is 4.72. The van der Waals surface area contributed by atoms with E-state index >= 15 is 0 Å². The van der Waals surface area contributed by atoms with Gasteiger partial charge in [0.05, 0.1) is 12.7 Å². The average molecular weight is 230 g/mol. The van der Waals surface area contributed by atoms with E-state index < -0.39 is 0 Å². The predicted octanol–water partition coefficient (Wildman–Crippen LogP) is 0.315. The molecule has 0 aliphatic carbocycles. The number of rotatable bonds is 7. The number of aliphatic hydroxyl groups excluding tert-OH is 1. The lowest BCUT2D eigenvalue weighted by atomic mass is 10.0. The van der Waals surface area contributed by atoms with Crippen molar-refractivity contribution >= 4 is 0 Å². The lowest BCUT2D eigenvalue weighted by Gasteiger charge is -2.30. The van der Waals surface area contributed by atoms with Gasteiger partial charge >= 0.3 is 0 Å². The molecule has 0 amide bonds. The lowest BCUT2D eigenvalue weighted by molar-refractivity contribution is -0.0184. The van der Waals surface area contributed by atoms with E-state index in [1.54, 1.807) is 0 Å². The summed E-state index contributed by atoms with van der Waals surface area (Å²) in [5.41, 5.74) is 0. The van der Waals surface area contributed by atoms with E-state index in [-0.39, 0.29) is 0 Å². The van der Waals surface area contributed by atoms with Gasteiger partial charge in [0.1, 0.15) is 0 Å². The molecule has 0 radical (unpaired) electrons. The molecule has 16 heavy (non-hydrogen) atoms. The van der Waals surface area contributed by atoms with Gasteiger partial charge in [-0.2, -0.15) is 0 Å². The highest BCUT2D eigenvalue weighted by atomic mass is 16.5. The Morgan fingerprint density at radius 3 is 3.00 bits per heavy atom. The Balaban J connectivity index is 2.09. The van der Waals surface area contributed by atoms with Crippen molar-refractivity contribution in [1.29, 1.82) is 0 Å². The highest BCUT2D eigenvalue weighted by Gasteiger charge is 2.17. The zero-order valence-corrected chi connectivity index (χ0v) is 10.6. The second kappa shape index (κ2) is 8.01. The van der Waals surface area contributed by atoms with Crippen LogP contribution in [0.15, 0.2) is 0 Å². The van der Waals surface area contributed by atoms with Crippen LogP contribution in [-0.2, 0) is 4.74 Å². The Labute approximate surface area is 99.0 Å². The Hall–Kier alpha value is -0.160. The second-order valence-corrected chi connectivity index (χ2v) is 4.70. The average Bonchev–Trinajstić information content (AvgIpc) is 2.28. The summed E-state index contributed by atoms with van der Waals surface area (Å²) in [7, 11) is 2.14. The molecule has 0 aromatic heterocycles. The third-order valence-corrected chi connectivity index (χ3v) is 3.26. The van der Waals surface area contributed by atoms with Crippen LogP contribution in [0, 0.1) is 5.92 Å². The van der Waals surface area contributed by atoms with Gasteiger partial charge in [0.2, 0.25) is 0 Å². The fraction of sp³-hybridized carbons (Fsp3) is 1.00. The Morgan fingerprint density at radius 1 is 1.56 bits per heavy atom. The van der Waals surface area contributed by atoms with Gasteiger partial charge in [-0.25, -0.2) is 0 Å². The van der Waals surface area contributed by atoms with Gasteiger partial charge in [0.25, 0.3) is 0 Å². The molecule has 1 heterocycles. The molecule has 0 aromatic rings. The molecular weight excluding hydrogens is 204 g/mol. The molecule has 1 aliphatic rings. The summed E-state index contributed by atoms with van der Waals surface area (Å²) < 4.78 is 5.67. The molecule has 1 saturated heterocycles. The van der Waals surface area contributed by atoms with Crippen molar-refractivity contribution in [3.63, 3.8) is 0 Å². The van der Waals surface area contributed by atoms with Crippen LogP contribution in [0.5, 0.6) is 0 Å². The maximum atomic E-state index is 8.89. The third-order valence-electron chi connectivity index (χ3n) is 3.26. The van der Waals surface area contributed by atoms with E-state index in [9.17, 15) is 0 Å². The number of morpholine rings is 1. The topological polar surface area (TPSA) is 44.7 Å². The molecule has 4 heteroatoms. The summed E-state index contributed by atoms with van der Waals surface area (Å²) in [6.45, 7) is 7.28. The van der Waals surface area contributed by atoms with Crippen LogP contribution in [0.2, 0.25) is 0 Å². The summed E-state index contributed by atoms with van der Waals surface area (Å²) in [6, 6.07) is 0. The van der Waals surface area contributed by atoms with Crippen LogP contribution < -0.4 is 5.32 Å². The molecule has 0 spiro atoms. The number of nitrogens with one attached hydrogen (secondary N) is 1. The van der Waals surface area contributed by atoms with Crippen LogP contribution in [-0.4, -0.2) is 62.6 Å². The summed E-state index contributed by atoms with van der Waals surface area (Å²) in [4.78, 5) is 2.31. The SMILES string of the molecule is CCC(CCO)CNCC1CN(C)CCO1. The van der Waals surface area contributed by atoms with Crippen molar-refractivity contribution in [3.8, 4) is 0 Å². The summed E-state index contributed by atoms with van der Waals surface area (Å²) in [5, 5.41) is 12.3. The van der Waals surface area contributed by atoms with Gasteiger partial charge in [-0.15, -0.1) is 0 Å². The van der Waals surface area contributed by atoms with E-state index in [2.05, 4.69) is 24.2 Å². The first-order valence-corrected chi connectivity index (χ1v) is 6.38. The lowest BCUT2D eigenvalue weighted by Crippen LogP contribution is -2.45. The normalized spacial score (nSPS) is 24.6. The van der Waals surface area contributed by atoms with Gasteiger partial charge in [-0.3, -0.25) is 0 Å². The minimum Gasteiger partial charge on any atom is -0.396 e. The van der Waals surface area contributed by atoms with Gasteiger partial charge in [0, 0.05) is 26.2 Å². The second-order valence-electron chi connectivity index (χ2n) is 4.70. The van der Waals surface area contributed by atoms with E-state index in [4.69, 9.17) is 9.84 Å². The fourth-order valence-corrected chi connectivity index (χ4v) is 2.07. The first-order chi connectivity index (χ1) is 7.76. The Morgan fingerprint density at radius 2 is 2.38 bits per heavy atom. The molecule has 2 unspecified atom stereocenters. The van der Waals surface area contributed by atoms with Crippen LogP contribution in [0.1, 0.15) is 19.8 Å². The van der Waals surface area contributed by atoms with Crippen molar-refractivity contribution in [2.24, 2.45) is 5.92 Å². The number of aliphatic hydroxyl groups is 1. The molecule has 2 atom stereocenters. The van der Waals surface area contributed by atoms with Crippen LogP contribution in [0.3, 0.4) is 0 Å². The van der Waals surface area contributed by atoms with Crippen LogP contribution in [0.25, 0.3) is 0 Å². The smallest absolute Gasteiger partial charge is 0.0826 e. The van der Waals surface area contributed by atoms with Crippen molar-refractivity contribution in [1.82, 2.24) is 10.2 Å². The molecule has 0 aromatic carbocycles. The molecule has 96 valence electrons. The van der Waals surface area contributed by atoms with E-state index in [0.717, 1.165) is 45.6 Å². The maximum Gasteiger partial charge on any atom is 0.0826 e. The molecule has 0 saturated carbocycles. The molecule has 1 aliphatic heterocycles. The highest BCUT2D eigenvalue weighted by Crippen LogP contribution is 2.06. The first kappa shape index (κ1) is 13.9. The minimum absolute atomic E-state index is 0.294. The number of hydrogen-bond donors (Lipinski definition) is 2. The molecule has 2 N–H and O–H groups in total. The largest absolute Gasteiger partial charge is 0.396 e. The zero-order chi connectivity index (χ0) is 11.8. The van der Waals surface area contributed by atoms with Gasteiger partial charge in [-0.1, -0.05) is 13.3 Å². The number of hydrogen-bond acceptors (Lipinski definition) is 4. The third kappa shape index (κ3) is 5.25. The molecule has 1 fully saturated rings. The van der Waals surface area contributed by atoms with Gasteiger partial charge in [0.15, 0.2) is 0 Å². The van der Waals surface area contributed by atoms with Crippen LogP contribution >= 0.6 is 0 Å². The number of ether oxygens (including phenoxy) is 1. The Kier molecular flexibility index (Phi) is 6.96. The quantitative estimate of drug-likeness (QED) is 0.661. The van der Waals surface area contributed by atoms with Crippen LogP contribution in [0.4, 0.5) is 0 Å². The monoisotopic (exact) mass is 230 g/mol. The summed E-state index contributed by atoms with van der Waals surface area (Å²) >= 11 is 0. The number of likely N-dealkylation sites (N-methyl/N-ethyl adjacent to an activating group) is 1.